The minimum atomic E-state index is 0.0885. The maximum absolute atomic E-state index is 11.2. The second kappa shape index (κ2) is 3.81. The molecule has 1 rings (SSSR count). The summed E-state index contributed by atoms with van der Waals surface area (Å²) in [6.45, 7) is 3.71. The molecule has 0 aliphatic heterocycles. The van der Waals surface area contributed by atoms with Gasteiger partial charge < -0.3 is 0 Å². The summed E-state index contributed by atoms with van der Waals surface area (Å²) in [7, 11) is 0. The van der Waals surface area contributed by atoms with E-state index in [1.54, 1.807) is 6.07 Å². The van der Waals surface area contributed by atoms with Crippen LogP contribution in [0.1, 0.15) is 29.5 Å². The molecule has 0 bridgehead atoms. The fourth-order valence-corrected chi connectivity index (χ4v) is 1.10. The van der Waals surface area contributed by atoms with Gasteiger partial charge in [-0.2, -0.15) is 0 Å². The highest BCUT2D eigenvalue weighted by atomic mass is 79.9. The standard InChI is InChI=1S/C9H10BrNO/c1-3-9(12)8-5-4-7(10)6(2)11-8/h4-5H,3H2,1-2H3. The van der Waals surface area contributed by atoms with E-state index in [4.69, 9.17) is 0 Å². The zero-order valence-corrected chi connectivity index (χ0v) is 8.68. The summed E-state index contributed by atoms with van der Waals surface area (Å²) in [5.41, 5.74) is 1.41. The number of aryl methyl sites for hydroxylation is 1. The predicted molar refractivity (Wildman–Crippen MR) is 51.3 cm³/mol. The number of hydrogen-bond acceptors (Lipinski definition) is 2. The van der Waals surface area contributed by atoms with Crippen molar-refractivity contribution in [3.05, 3.63) is 28.0 Å². The third-order valence-corrected chi connectivity index (χ3v) is 2.47. The Morgan fingerprint density at radius 2 is 2.25 bits per heavy atom. The van der Waals surface area contributed by atoms with E-state index in [0.29, 0.717) is 12.1 Å². The molecule has 0 aliphatic rings. The van der Waals surface area contributed by atoms with Crippen LogP contribution >= 0.6 is 15.9 Å². The van der Waals surface area contributed by atoms with Gasteiger partial charge in [0, 0.05) is 10.9 Å². The molecule has 0 atom stereocenters. The van der Waals surface area contributed by atoms with Crippen molar-refractivity contribution >= 4 is 21.7 Å². The number of rotatable bonds is 2. The van der Waals surface area contributed by atoms with Crippen molar-refractivity contribution in [2.24, 2.45) is 0 Å². The lowest BCUT2D eigenvalue weighted by Crippen LogP contribution is -2.01. The molecule has 0 spiro atoms. The predicted octanol–water partition coefficient (Wildman–Crippen LogP) is 2.75. The van der Waals surface area contributed by atoms with Gasteiger partial charge in [0.2, 0.25) is 0 Å². The number of carbonyl (C=O) groups is 1. The Hall–Kier alpha value is -0.700. The molecule has 0 saturated heterocycles. The first-order chi connectivity index (χ1) is 5.65. The highest BCUT2D eigenvalue weighted by Crippen LogP contribution is 2.14. The zero-order chi connectivity index (χ0) is 9.14. The molecule has 0 saturated carbocycles. The van der Waals surface area contributed by atoms with Crippen molar-refractivity contribution in [1.29, 1.82) is 0 Å². The summed E-state index contributed by atoms with van der Waals surface area (Å²) in [6.07, 6.45) is 0.508. The Balaban J connectivity index is 3.05. The number of hydrogen-bond donors (Lipinski definition) is 0. The van der Waals surface area contributed by atoms with E-state index in [-0.39, 0.29) is 5.78 Å². The molecule has 0 radical (unpaired) electrons. The normalized spacial score (nSPS) is 9.92. The van der Waals surface area contributed by atoms with Gasteiger partial charge in [-0.05, 0) is 35.0 Å². The lowest BCUT2D eigenvalue weighted by molar-refractivity contribution is 0.0983. The molecule has 1 aromatic heterocycles. The smallest absolute Gasteiger partial charge is 0.180 e. The maximum Gasteiger partial charge on any atom is 0.180 e. The molecule has 1 aromatic rings. The van der Waals surface area contributed by atoms with Crippen LogP contribution in [0, 0.1) is 6.92 Å². The van der Waals surface area contributed by atoms with E-state index in [0.717, 1.165) is 10.2 Å². The summed E-state index contributed by atoms with van der Waals surface area (Å²) in [6, 6.07) is 3.59. The van der Waals surface area contributed by atoms with Gasteiger partial charge in [-0.15, -0.1) is 0 Å². The third kappa shape index (κ3) is 1.91. The largest absolute Gasteiger partial charge is 0.292 e. The minimum Gasteiger partial charge on any atom is -0.292 e. The molecule has 0 aliphatic carbocycles. The van der Waals surface area contributed by atoms with Crippen LogP contribution in [-0.2, 0) is 0 Å². The van der Waals surface area contributed by atoms with Gasteiger partial charge in [-0.3, -0.25) is 4.79 Å². The van der Waals surface area contributed by atoms with Gasteiger partial charge in [0.05, 0.1) is 5.69 Å². The van der Waals surface area contributed by atoms with Gasteiger partial charge in [0.1, 0.15) is 5.69 Å². The topological polar surface area (TPSA) is 30.0 Å². The lowest BCUT2D eigenvalue weighted by Gasteiger charge is -2.00. The summed E-state index contributed by atoms with van der Waals surface area (Å²) >= 11 is 3.33. The molecule has 2 nitrogen and oxygen atoms in total. The fourth-order valence-electron chi connectivity index (χ4n) is 0.880. The molecular weight excluding hydrogens is 218 g/mol. The Kier molecular flexibility index (Phi) is 2.98. The van der Waals surface area contributed by atoms with Crippen molar-refractivity contribution in [2.75, 3.05) is 0 Å². The van der Waals surface area contributed by atoms with Gasteiger partial charge in [-0.25, -0.2) is 4.98 Å². The van der Waals surface area contributed by atoms with Gasteiger partial charge in [0.15, 0.2) is 5.78 Å². The second-order valence-electron chi connectivity index (χ2n) is 2.54. The van der Waals surface area contributed by atoms with Crippen LogP contribution in [0.3, 0.4) is 0 Å². The molecule has 0 fully saturated rings. The molecule has 12 heavy (non-hydrogen) atoms. The highest BCUT2D eigenvalue weighted by molar-refractivity contribution is 9.10. The maximum atomic E-state index is 11.2. The molecule has 0 N–H and O–H groups in total. The fraction of sp³-hybridized carbons (Fsp3) is 0.333. The molecule has 64 valence electrons. The van der Waals surface area contributed by atoms with Gasteiger partial charge >= 0.3 is 0 Å². The Labute approximate surface area is 80.1 Å². The number of Topliss-reactive ketones (excluding diaryl/α,β-unsaturated/α-hetero) is 1. The van der Waals surface area contributed by atoms with Crippen molar-refractivity contribution in [1.82, 2.24) is 4.98 Å². The molecule has 0 amide bonds. The first kappa shape index (κ1) is 9.39. The average Bonchev–Trinajstić information content (AvgIpc) is 2.08. The van der Waals surface area contributed by atoms with Gasteiger partial charge in [-0.1, -0.05) is 6.92 Å². The first-order valence-corrected chi connectivity index (χ1v) is 4.60. The van der Waals surface area contributed by atoms with Crippen LogP contribution in [0.5, 0.6) is 0 Å². The van der Waals surface area contributed by atoms with Crippen LogP contribution in [0.2, 0.25) is 0 Å². The van der Waals surface area contributed by atoms with E-state index < -0.39 is 0 Å². The molecular formula is C9H10BrNO. The van der Waals surface area contributed by atoms with Crippen LogP contribution < -0.4 is 0 Å². The average molecular weight is 228 g/mol. The monoisotopic (exact) mass is 227 g/mol. The van der Waals surface area contributed by atoms with E-state index in [1.807, 2.05) is 19.9 Å². The number of nitrogens with zero attached hydrogens (tertiary/aromatic N) is 1. The summed E-state index contributed by atoms with van der Waals surface area (Å²) in [5.74, 6) is 0.0885. The Bertz CT molecular complexity index is 309. The van der Waals surface area contributed by atoms with Crippen molar-refractivity contribution in [2.45, 2.75) is 20.3 Å². The quantitative estimate of drug-likeness (QED) is 0.728. The first-order valence-electron chi connectivity index (χ1n) is 3.81. The zero-order valence-electron chi connectivity index (χ0n) is 7.10. The van der Waals surface area contributed by atoms with E-state index in [2.05, 4.69) is 20.9 Å². The summed E-state index contributed by atoms with van der Waals surface area (Å²) in [5, 5.41) is 0. The molecule has 3 heteroatoms. The van der Waals surface area contributed by atoms with Crippen LogP contribution in [0.15, 0.2) is 16.6 Å². The summed E-state index contributed by atoms with van der Waals surface area (Å²) in [4.78, 5) is 15.3. The Morgan fingerprint density at radius 1 is 1.58 bits per heavy atom. The number of halogens is 1. The number of ketones is 1. The molecule has 0 unspecified atom stereocenters. The van der Waals surface area contributed by atoms with Crippen LogP contribution in [0.25, 0.3) is 0 Å². The van der Waals surface area contributed by atoms with Crippen LogP contribution in [-0.4, -0.2) is 10.8 Å². The summed E-state index contributed by atoms with van der Waals surface area (Å²) < 4.78 is 0.940. The van der Waals surface area contributed by atoms with E-state index >= 15 is 0 Å². The molecule has 0 aromatic carbocycles. The number of aromatic nitrogens is 1. The van der Waals surface area contributed by atoms with Crippen LogP contribution in [0.4, 0.5) is 0 Å². The van der Waals surface area contributed by atoms with Crippen molar-refractivity contribution in [3.8, 4) is 0 Å². The second-order valence-corrected chi connectivity index (χ2v) is 3.39. The Morgan fingerprint density at radius 3 is 2.75 bits per heavy atom. The number of carbonyl (C=O) groups excluding carboxylic acids is 1. The minimum absolute atomic E-state index is 0.0885. The van der Waals surface area contributed by atoms with Crippen molar-refractivity contribution < 1.29 is 4.79 Å². The van der Waals surface area contributed by atoms with E-state index in [9.17, 15) is 4.79 Å². The third-order valence-electron chi connectivity index (χ3n) is 1.63. The van der Waals surface area contributed by atoms with Crippen molar-refractivity contribution in [3.63, 3.8) is 0 Å². The molecule has 1 heterocycles. The SMILES string of the molecule is CCC(=O)c1ccc(Br)c(C)n1. The highest BCUT2D eigenvalue weighted by Gasteiger charge is 2.05. The number of pyridine rings is 1. The lowest BCUT2D eigenvalue weighted by atomic mass is 10.2. The van der Waals surface area contributed by atoms with E-state index in [1.165, 1.54) is 0 Å². The van der Waals surface area contributed by atoms with Gasteiger partial charge in [0.25, 0.3) is 0 Å².